The van der Waals surface area contributed by atoms with Gasteiger partial charge in [-0.3, -0.25) is 0 Å². The van der Waals surface area contributed by atoms with Crippen LogP contribution in [0.5, 0.6) is 0 Å². The van der Waals surface area contributed by atoms with Crippen molar-refractivity contribution in [2.45, 2.75) is 18.9 Å². The average Bonchev–Trinajstić information content (AvgIpc) is 2.94. The van der Waals surface area contributed by atoms with Crippen molar-refractivity contribution in [3.8, 4) is 11.1 Å². The van der Waals surface area contributed by atoms with Crippen LogP contribution in [0.2, 0.25) is 0 Å². The fourth-order valence-corrected chi connectivity index (χ4v) is 2.51. The molecule has 1 heterocycles. The summed E-state index contributed by atoms with van der Waals surface area (Å²) in [5.41, 5.74) is 4.01. The van der Waals surface area contributed by atoms with E-state index in [1.807, 2.05) is 0 Å². The zero-order chi connectivity index (χ0) is 11.5. The SMILES string of the molecule is c1ccc(-c2ccc([C@H]3CCCN3)cc2)cc1. The minimum Gasteiger partial charge on any atom is -0.310 e. The fourth-order valence-electron chi connectivity index (χ4n) is 2.51. The molecule has 1 fully saturated rings. The summed E-state index contributed by atoms with van der Waals surface area (Å²) in [5, 5.41) is 3.53. The van der Waals surface area contributed by atoms with Crippen molar-refractivity contribution in [2.24, 2.45) is 0 Å². The number of hydrogen-bond donors (Lipinski definition) is 1. The van der Waals surface area contributed by atoms with E-state index in [2.05, 4.69) is 59.9 Å². The second-order valence-corrected chi connectivity index (χ2v) is 4.64. The van der Waals surface area contributed by atoms with E-state index in [1.54, 1.807) is 0 Å². The number of hydrogen-bond acceptors (Lipinski definition) is 1. The molecule has 0 unspecified atom stereocenters. The van der Waals surface area contributed by atoms with Gasteiger partial charge in [0.15, 0.2) is 0 Å². The van der Waals surface area contributed by atoms with Crippen molar-refractivity contribution in [1.29, 1.82) is 0 Å². The van der Waals surface area contributed by atoms with Gasteiger partial charge in [0, 0.05) is 6.04 Å². The normalized spacial score (nSPS) is 19.4. The molecule has 1 atom stereocenters. The largest absolute Gasteiger partial charge is 0.310 e. The number of nitrogens with one attached hydrogen (secondary N) is 1. The summed E-state index contributed by atoms with van der Waals surface area (Å²) in [6.45, 7) is 1.16. The first-order chi connectivity index (χ1) is 8.43. The maximum atomic E-state index is 3.53. The van der Waals surface area contributed by atoms with Gasteiger partial charge in [0.1, 0.15) is 0 Å². The highest BCUT2D eigenvalue weighted by Crippen LogP contribution is 2.26. The van der Waals surface area contributed by atoms with Gasteiger partial charge in [-0.2, -0.15) is 0 Å². The highest BCUT2D eigenvalue weighted by atomic mass is 14.9. The molecule has 1 nitrogen and oxygen atoms in total. The molecule has 1 saturated heterocycles. The zero-order valence-corrected chi connectivity index (χ0v) is 9.89. The Labute approximate surface area is 102 Å². The van der Waals surface area contributed by atoms with Gasteiger partial charge in [-0.05, 0) is 36.1 Å². The molecule has 3 rings (SSSR count). The first kappa shape index (κ1) is 10.5. The second-order valence-electron chi connectivity index (χ2n) is 4.64. The first-order valence-electron chi connectivity index (χ1n) is 6.32. The minimum absolute atomic E-state index is 0.569. The molecule has 2 aromatic rings. The highest BCUT2D eigenvalue weighted by Gasteiger charge is 2.15. The Morgan fingerprint density at radius 2 is 1.53 bits per heavy atom. The Kier molecular flexibility index (Phi) is 2.93. The fraction of sp³-hybridized carbons (Fsp3) is 0.250. The van der Waals surface area contributed by atoms with E-state index >= 15 is 0 Å². The molecule has 0 aliphatic carbocycles. The molecule has 1 heteroatoms. The van der Waals surface area contributed by atoms with Crippen molar-refractivity contribution in [3.63, 3.8) is 0 Å². The van der Waals surface area contributed by atoms with Crippen LogP contribution < -0.4 is 5.32 Å². The lowest BCUT2D eigenvalue weighted by molar-refractivity contribution is 0.648. The maximum absolute atomic E-state index is 3.53. The van der Waals surface area contributed by atoms with E-state index in [1.165, 1.54) is 29.5 Å². The molecule has 0 bridgehead atoms. The van der Waals surface area contributed by atoms with Crippen molar-refractivity contribution >= 4 is 0 Å². The summed E-state index contributed by atoms with van der Waals surface area (Å²) in [7, 11) is 0. The molecular formula is C16H17N. The summed E-state index contributed by atoms with van der Waals surface area (Å²) in [6, 6.07) is 20.1. The molecule has 17 heavy (non-hydrogen) atoms. The van der Waals surface area contributed by atoms with E-state index in [0.29, 0.717) is 6.04 Å². The Bertz CT molecular complexity index is 467. The molecule has 0 amide bonds. The van der Waals surface area contributed by atoms with Gasteiger partial charge >= 0.3 is 0 Å². The van der Waals surface area contributed by atoms with Crippen LogP contribution in [-0.4, -0.2) is 6.54 Å². The van der Waals surface area contributed by atoms with Crippen LogP contribution in [-0.2, 0) is 0 Å². The topological polar surface area (TPSA) is 12.0 Å². The van der Waals surface area contributed by atoms with Crippen LogP contribution in [0.3, 0.4) is 0 Å². The predicted octanol–water partition coefficient (Wildman–Crippen LogP) is 3.78. The van der Waals surface area contributed by atoms with Gasteiger partial charge in [0.05, 0.1) is 0 Å². The van der Waals surface area contributed by atoms with E-state index in [0.717, 1.165) is 6.54 Å². The standard InChI is InChI=1S/C16H17N/c1-2-5-13(6-3-1)14-8-10-15(11-9-14)16-7-4-12-17-16/h1-3,5-6,8-11,16-17H,4,7,12H2/t16-/m1/s1. The van der Waals surface area contributed by atoms with Gasteiger partial charge < -0.3 is 5.32 Å². The van der Waals surface area contributed by atoms with E-state index in [9.17, 15) is 0 Å². The lowest BCUT2D eigenvalue weighted by Gasteiger charge is -2.11. The first-order valence-corrected chi connectivity index (χ1v) is 6.32. The van der Waals surface area contributed by atoms with Gasteiger partial charge in [0.25, 0.3) is 0 Å². The summed E-state index contributed by atoms with van der Waals surface area (Å²) in [6.07, 6.45) is 2.57. The molecule has 0 spiro atoms. The van der Waals surface area contributed by atoms with Crippen molar-refractivity contribution in [2.75, 3.05) is 6.54 Å². The van der Waals surface area contributed by atoms with Gasteiger partial charge in [-0.25, -0.2) is 0 Å². The Balaban J connectivity index is 1.85. The monoisotopic (exact) mass is 223 g/mol. The van der Waals surface area contributed by atoms with Crippen LogP contribution in [0, 0.1) is 0 Å². The summed E-state index contributed by atoms with van der Waals surface area (Å²) in [5.74, 6) is 0. The third kappa shape index (κ3) is 2.25. The lowest BCUT2D eigenvalue weighted by Crippen LogP contribution is -2.12. The van der Waals surface area contributed by atoms with Crippen LogP contribution >= 0.6 is 0 Å². The minimum atomic E-state index is 0.569. The predicted molar refractivity (Wildman–Crippen MR) is 71.9 cm³/mol. The van der Waals surface area contributed by atoms with Crippen LogP contribution in [0.1, 0.15) is 24.4 Å². The molecule has 1 N–H and O–H groups in total. The lowest BCUT2D eigenvalue weighted by atomic mass is 10.0. The van der Waals surface area contributed by atoms with E-state index < -0.39 is 0 Å². The van der Waals surface area contributed by atoms with Crippen LogP contribution in [0.25, 0.3) is 11.1 Å². The Hall–Kier alpha value is -1.60. The Morgan fingerprint density at radius 3 is 2.18 bits per heavy atom. The highest BCUT2D eigenvalue weighted by molar-refractivity contribution is 5.63. The van der Waals surface area contributed by atoms with Crippen molar-refractivity contribution in [1.82, 2.24) is 5.32 Å². The Morgan fingerprint density at radius 1 is 0.824 bits per heavy atom. The third-order valence-electron chi connectivity index (χ3n) is 3.48. The molecule has 0 radical (unpaired) electrons. The van der Waals surface area contributed by atoms with Gasteiger partial charge in [0.2, 0.25) is 0 Å². The third-order valence-corrected chi connectivity index (χ3v) is 3.48. The van der Waals surface area contributed by atoms with Crippen LogP contribution in [0.15, 0.2) is 54.6 Å². The smallest absolute Gasteiger partial charge is 0.0320 e. The zero-order valence-electron chi connectivity index (χ0n) is 9.89. The average molecular weight is 223 g/mol. The molecule has 0 aromatic heterocycles. The number of benzene rings is 2. The van der Waals surface area contributed by atoms with Crippen molar-refractivity contribution in [3.05, 3.63) is 60.2 Å². The molecular weight excluding hydrogens is 206 g/mol. The molecule has 2 aromatic carbocycles. The quantitative estimate of drug-likeness (QED) is 0.817. The maximum Gasteiger partial charge on any atom is 0.0320 e. The molecule has 1 aliphatic rings. The molecule has 0 saturated carbocycles. The van der Waals surface area contributed by atoms with E-state index in [4.69, 9.17) is 0 Å². The summed E-state index contributed by atoms with van der Waals surface area (Å²) >= 11 is 0. The summed E-state index contributed by atoms with van der Waals surface area (Å²) in [4.78, 5) is 0. The molecule has 86 valence electrons. The summed E-state index contributed by atoms with van der Waals surface area (Å²) < 4.78 is 0. The number of rotatable bonds is 2. The second kappa shape index (κ2) is 4.72. The van der Waals surface area contributed by atoms with E-state index in [-0.39, 0.29) is 0 Å². The van der Waals surface area contributed by atoms with Crippen LogP contribution in [0.4, 0.5) is 0 Å². The van der Waals surface area contributed by atoms with Gasteiger partial charge in [-0.15, -0.1) is 0 Å². The van der Waals surface area contributed by atoms with Crippen molar-refractivity contribution < 1.29 is 0 Å². The molecule has 1 aliphatic heterocycles. The van der Waals surface area contributed by atoms with Gasteiger partial charge in [-0.1, -0.05) is 54.6 Å².